The molecular weight excluding hydrogens is 530 g/mol. The number of halogens is 2. The van der Waals surface area contributed by atoms with Gasteiger partial charge < -0.3 is 10.1 Å². The molecule has 31 heavy (non-hydrogen) atoms. The molecule has 0 aliphatic heterocycles. The van der Waals surface area contributed by atoms with Gasteiger partial charge in [-0.15, -0.1) is 0 Å². The number of nitrogens with one attached hydrogen (secondary N) is 1. The van der Waals surface area contributed by atoms with E-state index in [1.165, 1.54) is 18.2 Å². The summed E-state index contributed by atoms with van der Waals surface area (Å²) >= 11 is 6.84. The van der Waals surface area contributed by atoms with Gasteiger partial charge in [0, 0.05) is 23.9 Å². The lowest BCUT2D eigenvalue weighted by molar-refractivity contribution is -0.384. The molecule has 0 aliphatic rings. The van der Waals surface area contributed by atoms with Crippen molar-refractivity contribution < 1.29 is 9.66 Å². The van der Waals surface area contributed by atoms with E-state index in [0.29, 0.717) is 25.9 Å². The Bertz CT molecular complexity index is 1240. The molecule has 0 saturated carbocycles. The van der Waals surface area contributed by atoms with Gasteiger partial charge in [0.1, 0.15) is 0 Å². The summed E-state index contributed by atoms with van der Waals surface area (Å²) in [6.07, 6.45) is 3.00. The van der Waals surface area contributed by atoms with Crippen LogP contribution in [0.25, 0.3) is 6.08 Å². The van der Waals surface area contributed by atoms with Crippen LogP contribution in [0, 0.1) is 32.8 Å². The van der Waals surface area contributed by atoms with Crippen molar-refractivity contribution in [2.45, 2.75) is 0 Å². The number of rotatable bonds is 6. The van der Waals surface area contributed by atoms with Crippen LogP contribution in [0.2, 0.25) is 0 Å². The molecule has 1 N–H and O–H groups in total. The number of nitrogens with zero attached hydrogens (tertiary/aromatic N) is 4. The lowest BCUT2D eigenvalue weighted by atomic mass is 10.2. The van der Waals surface area contributed by atoms with Crippen LogP contribution in [0.3, 0.4) is 0 Å². The zero-order valence-corrected chi connectivity index (χ0v) is 18.7. The predicted molar refractivity (Wildman–Crippen MR) is 122 cm³/mol. The topological polar surface area (TPSA) is 125 Å². The number of nitro groups is 1. The second kappa shape index (κ2) is 9.85. The molecule has 0 spiro atoms. The minimum Gasteiger partial charge on any atom is -0.437 e. The summed E-state index contributed by atoms with van der Waals surface area (Å²) in [4.78, 5) is 15.1. The first-order chi connectivity index (χ1) is 14.9. The highest BCUT2D eigenvalue weighted by Crippen LogP contribution is 2.39. The van der Waals surface area contributed by atoms with Gasteiger partial charge in [-0.05, 0) is 79.9 Å². The molecule has 10 heteroatoms. The van der Waals surface area contributed by atoms with Crippen LogP contribution in [0.5, 0.6) is 11.6 Å². The zero-order chi connectivity index (χ0) is 22.4. The van der Waals surface area contributed by atoms with Gasteiger partial charge >= 0.3 is 5.69 Å². The van der Waals surface area contributed by atoms with Crippen molar-refractivity contribution in [3.05, 3.63) is 84.8 Å². The summed E-state index contributed by atoms with van der Waals surface area (Å²) < 4.78 is 7.05. The van der Waals surface area contributed by atoms with Crippen LogP contribution >= 0.6 is 31.9 Å². The highest BCUT2D eigenvalue weighted by molar-refractivity contribution is 9.11. The number of hydrogen-bond acceptors (Lipinski definition) is 7. The molecular formula is C21H11Br2N5O3. The Balaban J connectivity index is 1.93. The van der Waals surface area contributed by atoms with Gasteiger partial charge in [0.15, 0.2) is 5.75 Å². The number of ether oxygens (including phenoxy) is 1. The van der Waals surface area contributed by atoms with Gasteiger partial charge in [-0.1, -0.05) is 0 Å². The van der Waals surface area contributed by atoms with Crippen molar-refractivity contribution >= 4 is 55.1 Å². The lowest BCUT2D eigenvalue weighted by Crippen LogP contribution is -2.01. The monoisotopic (exact) mass is 539 g/mol. The molecule has 0 unspecified atom stereocenters. The smallest absolute Gasteiger partial charge is 0.311 e. The molecule has 0 amide bonds. The Morgan fingerprint density at radius 2 is 1.77 bits per heavy atom. The van der Waals surface area contributed by atoms with E-state index in [9.17, 15) is 10.1 Å². The van der Waals surface area contributed by atoms with Crippen molar-refractivity contribution in [2.24, 2.45) is 0 Å². The van der Waals surface area contributed by atoms with E-state index < -0.39 is 4.92 Å². The fraction of sp³-hybridized carbons (Fsp3) is 0. The molecule has 1 heterocycles. The molecule has 152 valence electrons. The average Bonchev–Trinajstić information content (AvgIpc) is 2.75. The number of anilines is 2. The van der Waals surface area contributed by atoms with Crippen molar-refractivity contribution in [3.63, 3.8) is 0 Å². The Hall–Kier alpha value is -3.73. The fourth-order valence-electron chi connectivity index (χ4n) is 2.51. The van der Waals surface area contributed by atoms with E-state index in [1.807, 2.05) is 12.1 Å². The molecule has 0 saturated heterocycles. The molecule has 0 bridgehead atoms. The Kier molecular flexibility index (Phi) is 6.98. The summed E-state index contributed by atoms with van der Waals surface area (Å²) in [6.45, 7) is 0. The summed E-state index contributed by atoms with van der Waals surface area (Å²) in [5.41, 5.74) is 1.54. The number of nitriles is 2. The summed E-state index contributed by atoms with van der Waals surface area (Å²) in [7, 11) is 0. The van der Waals surface area contributed by atoms with Crippen molar-refractivity contribution in [1.82, 2.24) is 4.98 Å². The lowest BCUT2D eigenvalue weighted by Gasteiger charge is -2.12. The van der Waals surface area contributed by atoms with Crippen molar-refractivity contribution in [2.75, 3.05) is 5.32 Å². The third-order valence-corrected chi connectivity index (χ3v) is 5.08. The Morgan fingerprint density at radius 3 is 2.35 bits per heavy atom. The van der Waals surface area contributed by atoms with Crippen LogP contribution in [0.1, 0.15) is 11.1 Å². The molecule has 8 nitrogen and oxygen atoms in total. The SMILES string of the molecule is N#CC=Cc1cc(Br)c(Oc2ccc([N+](=O)[O-])c(Nc3ccc(C#N)cc3)n2)c(Br)c1. The van der Waals surface area contributed by atoms with E-state index in [4.69, 9.17) is 15.3 Å². The van der Waals surface area contributed by atoms with Crippen LogP contribution in [0.4, 0.5) is 17.2 Å². The molecule has 0 atom stereocenters. The minimum absolute atomic E-state index is 0.00646. The van der Waals surface area contributed by atoms with Crippen LogP contribution in [-0.4, -0.2) is 9.91 Å². The van der Waals surface area contributed by atoms with Gasteiger partial charge in [0.2, 0.25) is 11.7 Å². The molecule has 1 aromatic heterocycles. The number of allylic oxidation sites excluding steroid dienone is 1. The second-order valence-electron chi connectivity index (χ2n) is 5.97. The summed E-state index contributed by atoms with van der Waals surface area (Å²) in [5, 5.41) is 31.9. The van der Waals surface area contributed by atoms with Gasteiger partial charge in [0.05, 0.1) is 31.6 Å². The normalized spacial score (nSPS) is 10.3. The zero-order valence-electron chi connectivity index (χ0n) is 15.5. The molecule has 0 aliphatic carbocycles. The minimum atomic E-state index is -0.551. The predicted octanol–water partition coefficient (Wildman–Crippen LogP) is 6.46. The first-order valence-corrected chi connectivity index (χ1v) is 10.2. The second-order valence-corrected chi connectivity index (χ2v) is 7.68. The van der Waals surface area contributed by atoms with Crippen molar-refractivity contribution in [1.29, 1.82) is 10.5 Å². The Labute approximate surface area is 193 Å². The Morgan fingerprint density at radius 1 is 1.10 bits per heavy atom. The first kappa shape index (κ1) is 22.0. The third kappa shape index (κ3) is 5.45. The standard InChI is InChI=1S/C21H11Br2N5O3/c22-16-10-14(2-1-9-24)11-17(23)20(16)31-19-8-7-18(28(29)30)21(27-19)26-15-5-3-13(12-25)4-6-15/h1-8,10-11H,(H,26,27). The summed E-state index contributed by atoms with van der Waals surface area (Å²) in [5.74, 6) is 0.538. The largest absolute Gasteiger partial charge is 0.437 e. The fourth-order valence-corrected chi connectivity index (χ4v) is 3.89. The van der Waals surface area contributed by atoms with Crippen LogP contribution in [0.15, 0.2) is 63.6 Å². The van der Waals surface area contributed by atoms with E-state index in [0.717, 1.165) is 5.56 Å². The van der Waals surface area contributed by atoms with Gasteiger partial charge in [-0.25, -0.2) is 0 Å². The van der Waals surface area contributed by atoms with Crippen molar-refractivity contribution in [3.8, 4) is 23.8 Å². The van der Waals surface area contributed by atoms with Crippen LogP contribution < -0.4 is 10.1 Å². The van der Waals surface area contributed by atoms with Gasteiger partial charge in [0.25, 0.3) is 0 Å². The molecule has 0 radical (unpaired) electrons. The highest BCUT2D eigenvalue weighted by Gasteiger charge is 2.18. The number of aromatic nitrogens is 1. The quantitative estimate of drug-likeness (QED) is 0.216. The van der Waals surface area contributed by atoms with E-state index in [1.54, 1.807) is 42.5 Å². The number of hydrogen-bond donors (Lipinski definition) is 1. The van der Waals surface area contributed by atoms with Gasteiger partial charge in [-0.2, -0.15) is 15.5 Å². The highest BCUT2D eigenvalue weighted by atomic mass is 79.9. The van der Waals surface area contributed by atoms with E-state index >= 15 is 0 Å². The molecule has 3 aromatic rings. The molecule has 2 aromatic carbocycles. The number of benzene rings is 2. The maximum Gasteiger partial charge on any atom is 0.311 e. The average molecular weight is 541 g/mol. The third-order valence-electron chi connectivity index (χ3n) is 3.90. The van der Waals surface area contributed by atoms with Gasteiger partial charge in [-0.3, -0.25) is 10.1 Å². The van der Waals surface area contributed by atoms with E-state index in [-0.39, 0.29) is 17.4 Å². The summed E-state index contributed by atoms with van der Waals surface area (Å²) in [6, 6.07) is 16.6. The van der Waals surface area contributed by atoms with E-state index in [2.05, 4.69) is 42.2 Å². The van der Waals surface area contributed by atoms with Crippen LogP contribution in [-0.2, 0) is 0 Å². The maximum absolute atomic E-state index is 11.4. The maximum atomic E-state index is 11.4. The number of pyridine rings is 1. The first-order valence-electron chi connectivity index (χ1n) is 8.57. The molecule has 0 fully saturated rings. The molecule has 3 rings (SSSR count).